The van der Waals surface area contributed by atoms with Crippen molar-refractivity contribution in [2.24, 2.45) is 0 Å². The monoisotopic (exact) mass is 841 g/mol. The van der Waals surface area contributed by atoms with E-state index in [0.717, 1.165) is 0 Å². The van der Waals surface area contributed by atoms with E-state index in [2.05, 4.69) is 24.1 Å². The molecule has 0 saturated heterocycles. The van der Waals surface area contributed by atoms with E-state index in [1.807, 2.05) is 0 Å². The van der Waals surface area contributed by atoms with Crippen molar-refractivity contribution in [2.75, 3.05) is 41.1 Å². The molecular weight excluding hydrogens is 807 g/mol. The Kier molecular flexibility index (Phi) is 49.6. The third-order valence-corrected chi connectivity index (χ3v) is 3.96. The van der Waals surface area contributed by atoms with Crippen LogP contribution in [0.1, 0.15) is 46.0 Å². The van der Waals surface area contributed by atoms with E-state index in [4.69, 9.17) is 5.26 Å². The molecule has 52 heavy (non-hydrogen) atoms. The second-order valence-corrected chi connectivity index (χ2v) is 7.96. The highest BCUT2D eigenvalue weighted by Crippen LogP contribution is 2.33. The fourth-order valence-corrected chi connectivity index (χ4v) is 2.31. The SMILES string of the molecule is CCCCC(CC(CC(C)OCF)OC(F)C(F)(F)C(F)F)OC(F)(F)F.CF.FCC(F)(F)F.FCF.FCOF.FOCC(F)(F)F.N#CF. The van der Waals surface area contributed by atoms with Gasteiger partial charge in [0.25, 0.3) is 12.7 Å². The van der Waals surface area contributed by atoms with Gasteiger partial charge < -0.3 is 9.47 Å². The lowest BCUT2D eigenvalue weighted by Crippen LogP contribution is -2.43. The van der Waals surface area contributed by atoms with Gasteiger partial charge in [0.1, 0.15) is 0 Å². The van der Waals surface area contributed by atoms with Gasteiger partial charge in [-0.05, 0) is 28.8 Å². The normalized spacial score (nSPS) is 13.4. The van der Waals surface area contributed by atoms with E-state index in [1.165, 1.54) is 6.92 Å². The van der Waals surface area contributed by atoms with Crippen molar-refractivity contribution in [2.45, 2.75) is 102 Å². The Balaban J connectivity index is -0.000000130. The summed E-state index contributed by atoms with van der Waals surface area (Å²) in [5.74, 6) is -5.16. The van der Waals surface area contributed by atoms with Gasteiger partial charge in [-0.2, -0.15) is 50.3 Å². The van der Waals surface area contributed by atoms with Crippen molar-refractivity contribution in [1.29, 1.82) is 5.26 Å². The van der Waals surface area contributed by atoms with E-state index in [0.29, 0.717) is 13.6 Å². The van der Waals surface area contributed by atoms with Crippen LogP contribution in [0.25, 0.3) is 0 Å². The highest BCUT2D eigenvalue weighted by Gasteiger charge is 2.51. The zero-order chi connectivity index (χ0) is 43.2. The van der Waals surface area contributed by atoms with Gasteiger partial charge in [0.15, 0.2) is 20.1 Å². The molecule has 0 aliphatic carbocycles. The number of unbranched alkanes of at least 4 members (excludes halogenated alkanes) is 1. The first kappa shape index (κ1) is 64.6. The van der Waals surface area contributed by atoms with E-state index >= 15 is 0 Å². The molecule has 0 aromatic carbocycles. The van der Waals surface area contributed by atoms with Crippen molar-refractivity contribution < 1.29 is 125 Å². The molecule has 4 unspecified atom stereocenters. The molecular formula is C23H34F23NO5. The van der Waals surface area contributed by atoms with Crippen LogP contribution in [0.5, 0.6) is 0 Å². The molecule has 0 spiro atoms. The van der Waals surface area contributed by atoms with Crippen molar-refractivity contribution >= 4 is 0 Å². The van der Waals surface area contributed by atoms with Crippen LogP contribution in [0.4, 0.5) is 101 Å². The molecule has 4 atom stereocenters. The van der Waals surface area contributed by atoms with Crippen LogP contribution in [0.3, 0.4) is 0 Å². The number of nitrogens with zero attached hydrogens (tertiary/aromatic N) is 1. The third-order valence-electron chi connectivity index (χ3n) is 3.96. The minimum atomic E-state index is -5.16. The Morgan fingerprint density at radius 3 is 1.35 bits per heavy atom. The van der Waals surface area contributed by atoms with Crippen LogP contribution >= 0.6 is 0 Å². The van der Waals surface area contributed by atoms with E-state index < -0.39 is 103 Å². The molecule has 6 nitrogen and oxygen atoms in total. The van der Waals surface area contributed by atoms with E-state index in [-0.39, 0.29) is 19.2 Å². The number of hydrogen-bond acceptors (Lipinski definition) is 6. The topological polar surface area (TPSA) is 69.9 Å². The van der Waals surface area contributed by atoms with Crippen molar-refractivity contribution in [3.8, 4) is 6.32 Å². The highest BCUT2D eigenvalue weighted by molar-refractivity contribution is 4.77. The largest absolute Gasteiger partial charge is 0.522 e. The summed E-state index contributed by atoms with van der Waals surface area (Å²) in [4.78, 5) is 4.66. The van der Waals surface area contributed by atoms with Gasteiger partial charge in [-0.25, -0.2) is 35.1 Å². The molecule has 0 rings (SSSR count). The fraction of sp³-hybridized carbons (Fsp3) is 0.957. The summed E-state index contributed by atoms with van der Waals surface area (Å²) in [5.41, 5.74) is 0. The Bertz CT molecular complexity index is 740. The summed E-state index contributed by atoms with van der Waals surface area (Å²) < 4.78 is 269. The number of hydrogen-bond donors (Lipinski definition) is 0. The van der Waals surface area contributed by atoms with Gasteiger partial charge in [0.2, 0.25) is 13.8 Å². The van der Waals surface area contributed by atoms with Crippen LogP contribution in [0.15, 0.2) is 0 Å². The molecule has 0 aromatic rings. The summed E-state index contributed by atoms with van der Waals surface area (Å²) >= 11 is 0. The molecule has 0 aromatic heterocycles. The minimum Gasteiger partial charge on any atom is -0.347 e. The summed E-state index contributed by atoms with van der Waals surface area (Å²) in [6.45, 7) is -5.53. The molecule has 0 saturated carbocycles. The quantitative estimate of drug-likeness (QED) is 0.144. The lowest BCUT2D eigenvalue weighted by atomic mass is 10.0. The van der Waals surface area contributed by atoms with E-state index in [1.54, 1.807) is 6.92 Å². The third kappa shape index (κ3) is 59.8. The second kappa shape index (κ2) is 39.9. The first-order valence-corrected chi connectivity index (χ1v) is 12.8. The first-order chi connectivity index (χ1) is 23.7. The van der Waals surface area contributed by atoms with Crippen LogP contribution in [-0.2, 0) is 24.1 Å². The number of alkyl halides is 20. The average Bonchev–Trinajstić information content (AvgIpc) is 3.00. The Morgan fingerprint density at radius 1 is 0.712 bits per heavy atom. The lowest BCUT2D eigenvalue weighted by molar-refractivity contribution is -0.347. The Morgan fingerprint density at radius 2 is 1.12 bits per heavy atom. The maximum absolute atomic E-state index is 13.5. The molecule has 322 valence electrons. The molecule has 0 radical (unpaired) electrons. The molecule has 0 amide bonds. The van der Waals surface area contributed by atoms with Gasteiger partial charge in [-0.3, -0.25) is 9.13 Å². The average molecular weight is 841 g/mol. The van der Waals surface area contributed by atoms with Crippen molar-refractivity contribution in [1.82, 2.24) is 0 Å². The van der Waals surface area contributed by atoms with Gasteiger partial charge in [0, 0.05) is 6.42 Å². The zero-order valence-electron chi connectivity index (χ0n) is 26.6. The number of rotatable bonds is 16. The molecule has 0 aliphatic heterocycles. The molecule has 0 bridgehead atoms. The van der Waals surface area contributed by atoms with Crippen LogP contribution in [-0.4, -0.2) is 96.8 Å². The summed E-state index contributed by atoms with van der Waals surface area (Å²) in [7, 11) is 0.500. The van der Waals surface area contributed by atoms with Crippen molar-refractivity contribution in [3.63, 3.8) is 0 Å². The molecule has 0 N–H and O–H groups in total. The minimum absolute atomic E-state index is 0.156. The number of halogens is 23. The maximum Gasteiger partial charge on any atom is 0.522 e. The Labute approximate surface area is 280 Å². The fourth-order valence-electron chi connectivity index (χ4n) is 2.31. The Hall–Kier alpha value is -2.32. The van der Waals surface area contributed by atoms with Gasteiger partial charge in [-0.15, -0.1) is 17.6 Å². The smallest absolute Gasteiger partial charge is 0.347 e. The molecule has 29 heteroatoms. The summed E-state index contributed by atoms with van der Waals surface area (Å²) in [6, 6.07) is 0. The zero-order valence-corrected chi connectivity index (χ0v) is 26.6. The number of ether oxygens (including phenoxy) is 3. The van der Waals surface area contributed by atoms with Crippen molar-refractivity contribution in [3.05, 3.63) is 0 Å². The van der Waals surface area contributed by atoms with Gasteiger partial charge in [0.05, 0.1) is 25.5 Å². The predicted octanol–water partition coefficient (Wildman–Crippen LogP) is 11.5. The highest BCUT2D eigenvalue weighted by atomic mass is 19.4. The van der Waals surface area contributed by atoms with Gasteiger partial charge >= 0.3 is 31.1 Å². The first-order valence-electron chi connectivity index (χ1n) is 12.8. The molecule has 0 fully saturated rings. The van der Waals surface area contributed by atoms with Gasteiger partial charge in [-0.1, -0.05) is 19.8 Å². The standard InChI is InChI=1S/C15H23F9O3.C2H2F4O.C2H2F4.CH2F2O.CH2F2.CFN.CH3F/c1-3-4-5-10(27-15(22,23)24)7-11(6-9(2)25-8-16)26-13(19)14(20,21)12(17)18;3-2(4,5)1-7-6;3-1-2(4,5)6;2-1-4-3;2*2-1-3;1-2/h9-13H,3-8H2,1-2H3;1H2;1H2;1H2;1H2;;1H3. The van der Waals surface area contributed by atoms with Crippen LogP contribution in [0.2, 0.25) is 0 Å². The van der Waals surface area contributed by atoms with Crippen LogP contribution in [0, 0.1) is 11.6 Å². The maximum atomic E-state index is 13.5. The second-order valence-electron chi connectivity index (χ2n) is 7.96. The summed E-state index contributed by atoms with van der Waals surface area (Å²) in [5, 5.41) is 6.65. The summed E-state index contributed by atoms with van der Waals surface area (Å²) in [6.07, 6.45) is -27.1. The molecule has 0 heterocycles. The number of nitriles is 1. The predicted molar refractivity (Wildman–Crippen MR) is 131 cm³/mol. The van der Waals surface area contributed by atoms with Crippen LogP contribution < -0.4 is 0 Å². The molecule has 0 aliphatic rings. The lowest BCUT2D eigenvalue weighted by Gasteiger charge is -2.29. The van der Waals surface area contributed by atoms with E-state index in [9.17, 15) is 101 Å².